The van der Waals surface area contributed by atoms with Crippen LogP contribution in [0.5, 0.6) is 5.75 Å². The van der Waals surface area contributed by atoms with Crippen LogP contribution < -0.4 is 10.1 Å². The van der Waals surface area contributed by atoms with Crippen LogP contribution >= 0.6 is 23.1 Å². The van der Waals surface area contributed by atoms with Crippen molar-refractivity contribution < 1.29 is 9.53 Å². The summed E-state index contributed by atoms with van der Waals surface area (Å²) < 4.78 is 5.22. The Balaban J connectivity index is 1.46. The lowest BCUT2D eigenvalue weighted by Crippen LogP contribution is -2.24. The Morgan fingerprint density at radius 3 is 2.80 bits per heavy atom. The average molecular weight is 436 g/mol. The van der Waals surface area contributed by atoms with Gasteiger partial charge in [0, 0.05) is 17.5 Å². The van der Waals surface area contributed by atoms with Crippen LogP contribution in [0.15, 0.2) is 65.3 Å². The highest BCUT2D eigenvalue weighted by Gasteiger charge is 2.14. The average Bonchev–Trinajstić information content (AvgIpc) is 3.22. The topological polar surface area (TPSA) is 64.1 Å². The van der Waals surface area contributed by atoms with E-state index in [1.165, 1.54) is 17.3 Å². The Bertz CT molecular complexity index is 1170. The molecule has 0 saturated heterocycles. The van der Waals surface area contributed by atoms with Crippen molar-refractivity contribution in [3.05, 3.63) is 71.4 Å². The van der Waals surface area contributed by atoms with Crippen molar-refractivity contribution in [3.63, 3.8) is 0 Å². The number of rotatable bonds is 7. The molecule has 0 bridgehead atoms. The molecule has 4 aromatic rings. The van der Waals surface area contributed by atoms with E-state index < -0.39 is 0 Å². The zero-order chi connectivity index (χ0) is 20.9. The molecule has 4 rings (SSSR count). The van der Waals surface area contributed by atoms with Gasteiger partial charge in [-0.05, 0) is 30.2 Å². The smallest absolute Gasteiger partial charge is 0.230 e. The van der Waals surface area contributed by atoms with Gasteiger partial charge in [0.15, 0.2) is 0 Å². The number of amides is 1. The Morgan fingerprint density at radius 2 is 2.00 bits per heavy atom. The number of methoxy groups -OCH3 is 1. The third-order valence-electron chi connectivity index (χ3n) is 4.66. The molecule has 0 unspecified atom stereocenters. The lowest BCUT2D eigenvalue weighted by Gasteiger charge is -2.08. The summed E-state index contributed by atoms with van der Waals surface area (Å²) in [5.74, 6) is 1.03. The van der Waals surface area contributed by atoms with Gasteiger partial charge in [-0.15, -0.1) is 11.3 Å². The number of carbonyl (C=O) groups is 1. The summed E-state index contributed by atoms with van der Waals surface area (Å²) in [7, 11) is 1.63. The van der Waals surface area contributed by atoms with Crippen LogP contribution in [0.25, 0.3) is 21.3 Å². The number of aryl methyl sites for hydroxylation is 1. The molecule has 2 aromatic heterocycles. The van der Waals surface area contributed by atoms with Crippen LogP contribution in [-0.2, 0) is 11.3 Å². The Labute approximate surface area is 183 Å². The summed E-state index contributed by atoms with van der Waals surface area (Å²) in [5, 5.41) is 6.91. The van der Waals surface area contributed by atoms with Crippen LogP contribution in [-0.4, -0.2) is 28.7 Å². The van der Waals surface area contributed by atoms with Gasteiger partial charge in [0.05, 0.1) is 18.2 Å². The van der Waals surface area contributed by atoms with Crippen molar-refractivity contribution >= 4 is 39.2 Å². The maximum absolute atomic E-state index is 12.4. The number of nitrogens with one attached hydrogen (secondary N) is 1. The van der Waals surface area contributed by atoms with Gasteiger partial charge in [-0.2, -0.15) is 0 Å². The predicted molar refractivity (Wildman–Crippen MR) is 123 cm³/mol. The normalized spacial score (nSPS) is 10.9. The molecule has 152 valence electrons. The fraction of sp³-hybridized carbons (Fsp3) is 0.174. The lowest BCUT2D eigenvalue weighted by molar-refractivity contribution is -0.118. The van der Waals surface area contributed by atoms with E-state index in [-0.39, 0.29) is 5.91 Å². The van der Waals surface area contributed by atoms with Crippen LogP contribution in [0.1, 0.15) is 11.1 Å². The molecule has 1 N–H and O–H groups in total. The SMILES string of the molecule is COc1cccc(CNC(=O)CSc2ncnc3scc(-c4ccc(C)cc4)c23)c1. The summed E-state index contributed by atoms with van der Waals surface area (Å²) in [6.07, 6.45) is 1.56. The van der Waals surface area contributed by atoms with Gasteiger partial charge < -0.3 is 10.1 Å². The Kier molecular flexibility index (Phi) is 6.30. The summed E-state index contributed by atoms with van der Waals surface area (Å²) >= 11 is 3.03. The number of aromatic nitrogens is 2. The van der Waals surface area contributed by atoms with Gasteiger partial charge in [0.2, 0.25) is 5.91 Å². The van der Waals surface area contributed by atoms with E-state index >= 15 is 0 Å². The number of benzene rings is 2. The minimum Gasteiger partial charge on any atom is -0.497 e. The number of hydrogen-bond donors (Lipinski definition) is 1. The number of nitrogens with zero attached hydrogens (tertiary/aromatic N) is 2. The number of ether oxygens (including phenoxy) is 1. The summed E-state index contributed by atoms with van der Waals surface area (Å²) in [5.41, 5.74) is 4.45. The van der Waals surface area contributed by atoms with E-state index in [4.69, 9.17) is 4.74 Å². The van der Waals surface area contributed by atoms with Crippen LogP contribution in [0.3, 0.4) is 0 Å². The second-order valence-corrected chi connectivity index (χ2v) is 8.61. The Hall–Kier alpha value is -2.90. The first-order chi connectivity index (χ1) is 14.6. The highest BCUT2D eigenvalue weighted by Crippen LogP contribution is 2.37. The minimum absolute atomic E-state index is 0.0401. The lowest BCUT2D eigenvalue weighted by atomic mass is 10.1. The standard InChI is InChI=1S/C23H21N3O2S2/c1-15-6-8-17(9-7-15)19-12-29-22-21(19)23(26-14-25-22)30-13-20(27)24-11-16-4-3-5-18(10-16)28-2/h3-10,12,14H,11,13H2,1-2H3,(H,24,27). The van der Waals surface area contributed by atoms with Gasteiger partial charge in [0.1, 0.15) is 21.9 Å². The van der Waals surface area contributed by atoms with Crippen molar-refractivity contribution in [2.75, 3.05) is 12.9 Å². The first kappa shape index (κ1) is 20.4. The molecule has 7 heteroatoms. The molecular weight excluding hydrogens is 414 g/mol. The summed E-state index contributed by atoms with van der Waals surface area (Å²) in [6, 6.07) is 16.1. The predicted octanol–water partition coefficient (Wildman–Crippen LogP) is 5.08. The third-order valence-corrected chi connectivity index (χ3v) is 6.54. The maximum atomic E-state index is 12.4. The van der Waals surface area contributed by atoms with Crippen molar-refractivity contribution in [2.45, 2.75) is 18.5 Å². The van der Waals surface area contributed by atoms with Crippen LogP contribution in [0, 0.1) is 6.92 Å². The quantitative estimate of drug-likeness (QED) is 0.324. The second kappa shape index (κ2) is 9.28. The van der Waals surface area contributed by atoms with E-state index in [1.54, 1.807) is 24.8 Å². The molecule has 0 radical (unpaired) electrons. The molecule has 5 nitrogen and oxygen atoms in total. The highest BCUT2D eigenvalue weighted by atomic mass is 32.2. The summed E-state index contributed by atoms with van der Waals surface area (Å²) in [4.78, 5) is 22.2. The second-order valence-electron chi connectivity index (χ2n) is 6.79. The molecule has 0 saturated carbocycles. The fourth-order valence-electron chi connectivity index (χ4n) is 3.07. The largest absolute Gasteiger partial charge is 0.497 e. The maximum Gasteiger partial charge on any atom is 0.230 e. The molecule has 1 amide bonds. The molecule has 2 aromatic carbocycles. The number of hydrogen-bond acceptors (Lipinski definition) is 6. The van der Waals surface area contributed by atoms with E-state index in [0.717, 1.165) is 37.7 Å². The van der Waals surface area contributed by atoms with E-state index in [0.29, 0.717) is 12.3 Å². The first-order valence-corrected chi connectivity index (χ1v) is 11.3. The van der Waals surface area contributed by atoms with Gasteiger partial charge in [-0.25, -0.2) is 9.97 Å². The van der Waals surface area contributed by atoms with E-state index in [1.807, 2.05) is 24.3 Å². The van der Waals surface area contributed by atoms with Gasteiger partial charge >= 0.3 is 0 Å². The van der Waals surface area contributed by atoms with Gasteiger partial charge in [-0.1, -0.05) is 53.7 Å². The Morgan fingerprint density at radius 1 is 1.17 bits per heavy atom. The number of thiophene rings is 1. The molecule has 0 atom stereocenters. The van der Waals surface area contributed by atoms with E-state index in [2.05, 4.69) is 51.9 Å². The molecular formula is C23H21N3O2S2. The van der Waals surface area contributed by atoms with Crippen LogP contribution in [0.4, 0.5) is 0 Å². The molecule has 0 aliphatic carbocycles. The molecule has 0 aliphatic heterocycles. The van der Waals surface area contributed by atoms with Crippen molar-refractivity contribution in [2.24, 2.45) is 0 Å². The zero-order valence-electron chi connectivity index (χ0n) is 16.7. The molecule has 0 fully saturated rings. The number of thioether (sulfide) groups is 1. The monoisotopic (exact) mass is 435 g/mol. The molecule has 2 heterocycles. The van der Waals surface area contributed by atoms with Crippen LogP contribution in [0.2, 0.25) is 0 Å². The van der Waals surface area contributed by atoms with E-state index in [9.17, 15) is 4.79 Å². The summed E-state index contributed by atoms with van der Waals surface area (Å²) in [6.45, 7) is 2.53. The van der Waals surface area contributed by atoms with Crippen molar-refractivity contribution in [3.8, 4) is 16.9 Å². The minimum atomic E-state index is -0.0401. The molecule has 0 aliphatic rings. The first-order valence-electron chi connectivity index (χ1n) is 9.45. The van der Waals surface area contributed by atoms with Gasteiger partial charge in [-0.3, -0.25) is 4.79 Å². The third kappa shape index (κ3) is 4.63. The van der Waals surface area contributed by atoms with Crippen molar-refractivity contribution in [1.82, 2.24) is 15.3 Å². The fourth-order valence-corrected chi connectivity index (χ4v) is 4.89. The highest BCUT2D eigenvalue weighted by molar-refractivity contribution is 8.00. The molecule has 0 spiro atoms. The van der Waals surface area contributed by atoms with Gasteiger partial charge in [0.25, 0.3) is 0 Å². The zero-order valence-corrected chi connectivity index (χ0v) is 18.3. The van der Waals surface area contributed by atoms with Crippen molar-refractivity contribution in [1.29, 1.82) is 0 Å². The number of fused-ring (bicyclic) bond motifs is 1. The molecule has 30 heavy (non-hydrogen) atoms. The number of carbonyl (C=O) groups excluding carboxylic acids is 1.